The lowest BCUT2D eigenvalue weighted by molar-refractivity contribution is -0.385. The first-order valence-corrected chi connectivity index (χ1v) is 10.2. The summed E-state index contributed by atoms with van der Waals surface area (Å²) in [5, 5.41) is 14.4. The predicted molar refractivity (Wildman–Crippen MR) is 119 cm³/mol. The summed E-state index contributed by atoms with van der Waals surface area (Å²) in [4.78, 5) is 24.8. The molecule has 2 aliphatic rings. The van der Waals surface area contributed by atoms with Gasteiger partial charge in [0.2, 0.25) is 0 Å². The van der Waals surface area contributed by atoms with Crippen molar-refractivity contribution in [3.05, 3.63) is 68.9 Å². The molecule has 0 unspecified atom stereocenters. The average Bonchev–Trinajstić information content (AvgIpc) is 3.52. The number of thiocarbonyl (C=S) groups is 1. The number of ether oxygens (including phenoxy) is 2. The maximum Gasteiger partial charge on any atom is 0.276 e. The molecule has 4 rings (SSSR count). The summed E-state index contributed by atoms with van der Waals surface area (Å²) in [6.07, 6.45) is 3.72. The van der Waals surface area contributed by atoms with Crippen LogP contribution in [0.25, 0.3) is 6.08 Å². The maximum absolute atomic E-state index is 12.6. The van der Waals surface area contributed by atoms with Crippen molar-refractivity contribution >= 4 is 35.0 Å². The molecule has 0 aromatic heterocycles. The van der Waals surface area contributed by atoms with E-state index in [4.69, 9.17) is 21.7 Å². The number of nitrogens with one attached hydrogen (secondary N) is 1. The zero-order valence-electron chi connectivity index (χ0n) is 17.1. The second-order valence-electron chi connectivity index (χ2n) is 7.46. The second-order valence-corrected chi connectivity index (χ2v) is 7.85. The van der Waals surface area contributed by atoms with Crippen molar-refractivity contribution < 1.29 is 19.2 Å². The molecule has 2 aromatic rings. The Balaban J connectivity index is 1.53. The van der Waals surface area contributed by atoms with E-state index in [0.29, 0.717) is 27.9 Å². The smallest absolute Gasteiger partial charge is 0.276 e. The Morgan fingerprint density at radius 1 is 1.29 bits per heavy atom. The number of benzene rings is 2. The molecule has 1 heterocycles. The molecule has 1 saturated heterocycles. The highest BCUT2D eigenvalue weighted by atomic mass is 32.1. The standard InChI is InChI=1S/C22H21N3O5S/c1-13-9-17(6-7-19(13)25(27)28)30-12-15-10-14(3-8-20(15)29-2)11-18-21(26)24(16-4-5-16)22(31)23-18/h3,6-11,16H,4-5,12H2,1-2H3,(H,23,31)/b18-11+. The number of carbonyl (C=O) groups excluding carboxylic acids is 1. The quantitative estimate of drug-likeness (QED) is 0.304. The van der Waals surface area contributed by atoms with Crippen molar-refractivity contribution in [1.82, 2.24) is 10.2 Å². The van der Waals surface area contributed by atoms with Crippen LogP contribution in [-0.2, 0) is 11.4 Å². The molecule has 0 radical (unpaired) electrons. The third-order valence-electron chi connectivity index (χ3n) is 5.20. The average molecular weight is 439 g/mol. The predicted octanol–water partition coefficient (Wildman–Crippen LogP) is 3.71. The second kappa shape index (κ2) is 8.35. The highest BCUT2D eigenvalue weighted by molar-refractivity contribution is 7.80. The number of rotatable bonds is 7. The largest absolute Gasteiger partial charge is 0.496 e. The molecule has 8 nitrogen and oxygen atoms in total. The van der Waals surface area contributed by atoms with Gasteiger partial charge in [-0.05, 0) is 67.9 Å². The summed E-state index contributed by atoms with van der Waals surface area (Å²) >= 11 is 5.29. The topological polar surface area (TPSA) is 93.9 Å². The summed E-state index contributed by atoms with van der Waals surface area (Å²) in [6, 6.07) is 10.4. The van der Waals surface area contributed by atoms with Crippen LogP contribution in [0.4, 0.5) is 5.69 Å². The van der Waals surface area contributed by atoms with Crippen LogP contribution in [-0.4, -0.2) is 34.0 Å². The zero-order chi connectivity index (χ0) is 22.1. The Morgan fingerprint density at radius 2 is 2.06 bits per heavy atom. The minimum atomic E-state index is -0.423. The van der Waals surface area contributed by atoms with Crippen molar-refractivity contribution in [2.75, 3.05) is 7.11 Å². The molecule has 1 amide bonds. The fraction of sp³-hybridized carbons (Fsp3) is 0.273. The minimum absolute atomic E-state index is 0.0467. The Kier molecular flexibility index (Phi) is 5.60. The molecule has 0 bridgehead atoms. The number of carbonyl (C=O) groups is 1. The molecule has 1 aliphatic carbocycles. The first-order chi connectivity index (χ1) is 14.9. The van der Waals surface area contributed by atoms with E-state index in [-0.39, 0.29) is 24.2 Å². The Labute approximate surface area is 184 Å². The first kappa shape index (κ1) is 20.8. The van der Waals surface area contributed by atoms with Gasteiger partial charge in [0.25, 0.3) is 11.6 Å². The highest BCUT2D eigenvalue weighted by Crippen LogP contribution is 2.31. The molecule has 1 saturated carbocycles. The molecule has 0 atom stereocenters. The first-order valence-electron chi connectivity index (χ1n) is 9.78. The molecule has 2 aromatic carbocycles. The van der Waals surface area contributed by atoms with E-state index in [0.717, 1.165) is 24.0 Å². The van der Waals surface area contributed by atoms with Crippen LogP contribution >= 0.6 is 12.2 Å². The van der Waals surface area contributed by atoms with E-state index in [2.05, 4.69) is 5.32 Å². The summed E-state index contributed by atoms with van der Waals surface area (Å²) in [6.45, 7) is 1.87. The molecule has 1 N–H and O–H groups in total. The van der Waals surface area contributed by atoms with Gasteiger partial charge >= 0.3 is 0 Å². The maximum atomic E-state index is 12.6. The van der Waals surface area contributed by atoms with Crippen LogP contribution < -0.4 is 14.8 Å². The lowest BCUT2D eigenvalue weighted by Gasteiger charge is -2.12. The van der Waals surface area contributed by atoms with Gasteiger partial charge in [-0.15, -0.1) is 0 Å². The SMILES string of the molecule is COc1ccc(/C=C2/NC(=S)N(C3CC3)C2=O)cc1COc1ccc([N+](=O)[O-])c(C)c1. The number of methoxy groups -OCH3 is 1. The van der Waals surface area contributed by atoms with E-state index in [1.807, 2.05) is 18.2 Å². The molecule has 31 heavy (non-hydrogen) atoms. The molecule has 0 spiro atoms. The summed E-state index contributed by atoms with van der Waals surface area (Å²) in [7, 11) is 1.57. The normalized spacial score (nSPS) is 17.1. The molecule has 160 valence electrons. The number of nitro groups is 1. The summed E-state index contributed by atoms with van der Waals surface area (Å²) in [5.41, 5.74) is 2.59. The van der Waals surface area contributed by atoms with Gasteiger partial charge in [0.1, 0.15) is 23.8 Å². The van der Waals surface area contributed by atoms with E-state index in [9.17, 15) is 14.9 Å². The lowest BCUT2D eigenvalue weighted by atomic mass is 10.1. The third-order valence-corrected chi connectivity index (χ3v) is 5.50. The summed E-state index contributed by atoms with van der Waals surface area (Å²) < 4.78 is 11.3. The molecule has 2 fully saturated rings. The number of nitrogens with zero attached hydrogens (tertiary/aromatic N) is 2. The number of amides is 1. The fourth-order valence-corrected chi connectivity index (χ4v) is 3.81. The van der Waals surface area contributed by atoms with E-state index in [1.165, 1.54) is 6.07 Å². The Morgan fingerprint density at radius 3 is 2.71 bits per heavy atom. The third kappa shape index (κ3) is 4.36. The van der Waals surface area contributed by atoms with Gasteiger partial charge in [-0.1, -0.05) is 6.07 Å². The van der Waals surface area contributed by atoms with E-state index >= 15 is 0 Å². The van der Waals surface area contributed by atoms with Crippen LogP contribution in [0.1, 0.15) is 29.5 Å². The van der Waals surface area contributed by atoms with Crippen LogP contribution in [0.5, 0.6) is 11.5 Å². The molecular weight excluding hydrogens is 418 g/mol. The fourth-order valence-electron chi connectivity index (χ4n) is 3.46. The van der Waals surface area contributed by atoms with Crippen molar-refractivity contribution in [2.24, 2.45) is 0 Å². The Hall–Kier alpha value is -3.46. The molecular formula is C22H21N3O5S. The summed E-state index contributed by atoms with van der Waals surface area (Å²) in [5.74, 6) is 1.05. The van der Waals surface area contributed by atoms with Gasteiger partial charge < -0.3 is 14.8 Å². The monoisotopic (exact) mass is 439 g/mol. The highest BCUT2D eigenvalue weighted by Gasteiger charge is 2.41. The van der Waals surface area contributed by atoms with Crippen LogP contribution in [0.2, 0.25) is 0 Å². The van der Waals surface area contributed by atoms with E-state index < -0.39 is 4.92 Å². The van der Waals surface area contributed by atoms with Crippen LogP contribution in [0.15, 0.2) is 42.1 Å². The van der Waals surface area contributed by atoms with Gasteiger partial charge in [-0.25, -0.2) is 0 Å². The number of hydrogen-bond donors (Lipinski definition) is 1. The Bertz CT molecular complexity index is 1110. The van der Waals surface area contributed by atoms with Crippen molar-refractivity contribution in [3.8, 4) is 11.5 Å². The van der Waals surface area contributed by atoms with Crippen LogP contribution in [0.3, 0.4) is 0 Å². The minimum Gasteiger partial charge on any atom is -0.496 e. The number of nitro benzene ring substituents is 1. The van der Waals surface area contributed by atoms with Gasteiger partial charge in [0.05, 0.1) is 12.0 Å². The number of aryl methyl sites for hydroxylation is 1. The molecule has 9 heteroatoms. The van der Waals surface area contributed by atoms with Crippen LogP contribution in [0, 0.1) is 17.0 Å². The van der Waals surface area contributed by atoms with Gasteiger partial charge in [0.15, 0.2) is 5.11 Å². The van der Waals surface area contributed by atoms with Crippen molar-refractivity contribution in [1.29, 1.82) is 0 Å². The lowest BCUT2D eigenvalue weighted by Crippen LogP contribution is -2.32. The number of hydrogen-bond acceptors (Lipinski definition) is 6. The van der Waals surface area contributed by atoms with E-state index in [1.54, 1.807) is 37.1 Å². The van der Waals surface area contributed by atoms with Gasteiger partial charge in [-0.3, -0.25) is 19.8 Å². The zero-order valence-corrected chi connectivity index (χ0v) is 17.9. The molecule has 1 aliphatic heterocycles. The van der Waals surface area contributed by atoms with Crippen molar-refractivity contribution in [3.63, 3.8) is 0 Å². The van der Waals surface area contributed by atoms with Crippen molar-refractivity contribution in [2.45, 2.75) is 32.4 Å². The van der Waals surface area contributed by atoms with Gasteiger partial charge in [-0.2, -0.15) is 0 Å². The van der Waals surface area contributed by atoms with Gasteiger partial charge in [0, 0.05) is 23.2 Å².